The number of aliphatic hydroxyl groups is 1. The monoisotopic (exact) mass is 126 g/mol. The second-order valence-corrected chi connectivity index (χ2v) is 0. The van der Waals surface area contributed by atoms with Gasteiger partial charge in [0.05, 0.1) is 0 Å². The van der Waals surface area contributed by atoms with Crippen molar-refractivity contribution in [2.45, 2.75) is 0 Å². The molecular formula is CH4ClCoO-. The smallest absolute Gasteiger partial charge is 0.0319 e. The zero-order valence-corrected chi connectivity index (χ0v) is 3.96. The zero-order valence-electron chi connectivity index (χ0n) is 2.16. The van der Waals surface area contributed by atoms with Gasteiger partial charge in [0, 0.05) is 23.9 Å². The zero-order chi connectivity index (χ0) is 2.00. The summed E-state index contributed by atoms with van der Waals surface area (Å²) >= 11 is 0. The molecule has 0 atom stereocenters. The van der Waals surface area contributed by atoms with Crippen molar-refractivity contribution in [2.24, 2.45) is 0 Å². The molecule has 0 aromatic heterocycles. The molecule has 0 saturated carbocycles. The van der Waals surface area contributed by atoms with Crippen LogP contribution in [-0.4, -0.2) is 12.2 Å². The number of rotatable bonds is 0. The summed E-state index contributed by atoms with van der Waals surface area (Å²) < 4.78 is 0. The van der Waals surface area contributed by atoms with Gasteiger partial charge in [-0.25, -0.2) is 0 Å². The van der Waals surface area contributed by atoms with E-state index in [-0.39, 0.29) is 29.2 Å². The van der Waals surface area contributed by atoms with Crippen molar-refractivity contribution in [3.63, 3.8) is 0 Å². The van der Waals surface area contributed by atoms with Crippen molar-refractivity contribution in [3.8, 4) is 0 Å². The van der Waals surface area contributed by atoms with E-state index in [1.54, 1.807) is 0 Å². The summed E-state index contributed by atoms with van der Waals surface area (Å²) in [6, 6.07) is 0. The van der Waals surface area contributed by atoms with Crippen LogP contribution in [0.5, 0.6) is 0 Å². The Hall–Kier alpha value is 0.756. The first-order valence-electron chi connectivity index (χ1n) is 0.447. The maximum atomic E-state index is 7.00. The van der Waals surface area contributed by atoms with Gasteiger partial charge in [-0.3, -0.25) is 0 Å². The first-order valence-corrected chi connectivity index (χ1v) is 0.447. The Balaban J connectivity index is -0.00000000500. The molecule has 1 radical (unpaired) electrons. The Morgan fingerprint density at radius 1 is 1.25 bits per heavy atom. The Bertz CT molecular complexity index is 8.00. The molecule has 0 aliphatic rings. The minimum atomic E-state index is 0. The molecule has 0 aromatic carbocycles. The second-order valence-electron chi connectivity index (χ2n) is 0. The molecule has 4 heavy (non-hydrogen) atoms. The van der Waals surface area contributed by atoms with Crippen LogP contribution in [0, 0.1) is 0 Å². The van der Waals surface area contributed by atoms with Crippen LogP contribution in [-0.2, 0) is 16.8 Å². The topological polar surface area (TPSA) is 20.2 Å². The van der Waals surface area contributed by atoms with Gasteiger partial charge in [0.25, 0.3) is 0 Å². The quantitative estimate of drug-likeness (QED) is 0.359. The first-order chi connectivity index (χ1) is 1.00. The molecule has 1 nitrogen and oxygen atoms in total. The summed E-state index contributed by atoms with van der Waals surface area (Å²) in [5.41, 5.74) is 0. The third-order valence-corrected chi connectivity index (χ3v) is 0. The number of hydrogen-bond acceptors (Lipinski definition) is 1. The molecule has 0 bridgehead atoms. The van der Waals surface area contributed by atoms with E-state index >= 15 is 0 Å². The molecule has 0 unspecified atom stereocenters. The van der Waals surface area contributed by atoms with Gasteiger partial charge in [-0.1, -0.05) is 0 Å². The normalized spacial score (nSPS) is 1.50. The maximum absolute atomic E-state index is 7.00. The van der Waals surface area contributed by atoms with E-state index in [2.05, 4.69) is 0 Å². The molecule has 0 heterocycles. The van der Waals surface area contributed by atoms with Gasteiger partial charge in [-0.15, -0.1) is 0 Å². The molecule has 0 aromatic rings. The molecule has 31 valence electrons. The fourth-order valence-electron chi connectivity index (χ4n) is 0. The van der Waals surface area contributed by atoms with Gasteiger partial charge >= 0.3 is 0 Å². The van der Waals surface area contributed by atoms with E-state index < -0.39 is 0 Å². The van der Waals surface area contributed by atoms with Crippen molar-refractivity contribution in [3.05, 3.63) is 0 Å². The van der Waals surface area contributed by atoms with Gasteiger partial charge in [-0.2, -0.15) is 0 Å². The summed E-state index contributed by atoms with van der Waals surface area (Å²) in [6.07, 6.45) is 0. The second kappa shape index (κ2) is 49.9. The van der Waals surface area contributed by atoms with Crippen LogP contribution in [0.4, 0.5) is 0 Å². The van der Waals surface area contributed by atoms with Crippen molar-refractivity contribution < 1.29 is 34.3 Å². The van der Waals surface area contributed by atoms with Crippen LogP contribution in [0.1, 0.15) is 0 Å². The molecular weight excluding hydrogens is 122 g/mol. The molecule has 0 fully saturated rings. The molecule has 0 aliphatic heterocycles. The Morgan fingerprint density at radius 2 is 1.25 bits per heavy atom. The van der Waals surface area contributed by atoms with Crippen molar-refractivity contribution in [1.29, 1.82) is 0 Å². The van der Waals surface area contributed by atoms with Crippen molar-refractivity contribution >= 4 is 0 Å². The third kappa shape index (κ3) is 14.9. The van der Waals surface area contributed by atoms with Crippen molar-refractivity contribution in [1.82, 2.24) is 0 Å². The largest absolute Gasteiger partial charge is 1.00 e. The Morgan fingerprint density at radius 3 is 1.25 bits per heavy atom. The first kappa shape index (κ1) is 21.8. The predicted molar refractivity (Wildman–Crippen MR) is 8.14 cm³/mol. The van der Waals surface area contributed by atoms with E-state index in [9.17, 15) is 0 Å². The number of aliphatic hydroxyl groups excluding tert-OH is 1. The number of hydrogen-bond donors (Lipinski definition) is 1. The molecule has 0 spiro atoms. The fraction of sp³-hybridized carbons (Fsp3) is 1.00. The predicted octanol–water partition coefficient (Wildman–Crippen LogP) is -3.39. The van der Waals surface area contributed by atoms with E-state index in [1.165, 1.54) is 0 Å². The van der Waals surface area contributed by atoms with Crippen LogP contribution in [0.2, 0.25) is 0 Å². The molecule has 3 heteroatoms. The minimum absolute atomic E-state index is 0. The summed E-state index contributed by atoms with van der Waals surface area (Å²) in [4.78, 5) is 0. The van der Waals surface area contributed by atoms with Gasteiger partial charge in [0.15, 0.2) is 0 Å². The van der Waals surface area contributed by atoms with Gasteiger partial charge in [-0.05, 0) is 0 Å². The van der Waals surface area contributed by atoms with Crippen LogP contribution in [0.25, 0.3) is 0 Å². The van der Waals surface area contributed by atoms with Gasteiger partial charge in [0.2, 0.25) is 0 Å². The van der Waals surface area contributed by atoms with Crippen molar-refractivity contribution in [2.75, 3.05) is 7.11 Å². The van der Waals surface area contributed by atoms with Gasteiger partial charge in [0.1, 0.15) is 0 Å². The van der Waals surface area contributed by atoms with Gasteiger partial charge < -0.3 is 17.5 Å². The van der Waals surface area contributed by atoms with E-state index in [0.29, 0.717) is 0 Å². The minimum Gasteiger partial charge on any atom is -1.00 e. The average Bonchev–Trinajstić information content (AvgIpc) is 1.00. The van der Waals surface area contributed by atoms with Crippen LogP contribution >= 0.6 is 0 Å². The van der Waals surface area contributed by atoms with Crippen LogP contribution in [0.15, 0.2) is 0 Å². The number of halogens is 1. The fourth-order valence-corrected chi connectivity index (χ4v) is 0. The van der Waals surface area contributed by atoms with E-state index in [4.69, 9.17) is 5.11 Å². The van der Waals surface area contributed by atoms with Crippen LogP contribution in [0.3, 0.4) is 0 Å². The molecule has 0 saturated heterocycles. The summed E-state index contributed by atoms with van der Waals surface area (Å²) in [6.45, 7) is 0. The Labute approximate surface area is 42.0 Å². The summed E-state index contributed by atoms with van der Waals surface area (Å²) in [5.74, 6) is 0. The van der Waals surface area contributed by atoms with E-state index in [0.717, 1.165) is 7.11 Å². The molecule has 1 N–H and O–H groups in total. The van der Waals surface area contributed by atoms with Crippen LogP contribution < -0.4 is 12.4 Å². The average molecular weight is 126 g/mol. The standard InChI is InChI=1S/CH4O.ClH.Co/c1-2;;/h2H,1H3;1H;/p-1. The summed E-state index contributed by atoms with van der Waals surface area (Å²) in [7, 11) is 1.00. The van der Waals surface area contributed by atoms with E-state index in [1.807, 2.05) is 0 Å². The SMILES string of the molecule is CO.[Cl-].[Co]. The molecule has 0 aliphatic carbocycles. The Kier molecular flexibility index (Phi) is 271. The molecule has 0 rings (SSSR count). The maximum Gasteiger partial charge on any atom is 0.0319 e. The molecule has 0 amide bonds. The third-order valence-electron chi connectivity index (χ3n) is 0. The summed E-state index contributed by atoms with van der Waals surface area (Å²) in [5, 5.41) is 7.00.